The summed E-state index contributed by atoms with van der Waals surface area (Å²) in [6.07, 6.45) is 6.01. The molecule has 5 nitrogen and oxygen atoms in total. The molecule has 1 aliphatic carbocycles. The number of nitrogens with zero attached hydrogens (tertiary/aromatic N) is 3. The Kier molecular flexibility index (Phi) is 5.06. The van der Waals surface area contributed by atoms with Crippen molar-refractivity contribution in [1.82, 2.24) is 14.7 Å². The second-order valence-corrected chi connectivity index (χ2v) is 10.1. The summed E-state index contributed by atoms with van der Waals surface area (Å²) in [6.45, 7) is 5.71. The smallest absolute Gasteiger partial charge is 0.266 e. The Morgan fingerprint density at radius 3 is 2.30 bits per heavy atom. The van der Waals surface area contributed by atoms with Crippen molar-refractivity contribution in [2.45, 2.75) is 95.0 Å². The third-order valence-corrected chi connectivity index (χ3v) is 7.34. The summed E-state index contributed by atoms with van der Waals surface area (Å²) in [5, 5.41) is 16.0. The Bertz CT molecular complexity index is 947. The topological polar surface area (TPSA) is 58.4 Å². The Morgan fingerprint density at radius 1 is 1.03 bits per heavy atom. The summed E-state index contributed by atoms with van der Waals surface area (Å²) < 4.78 is 1.52. The molecule has 5 heteroatoms. The fourth-order valence-electron chi connectivity index (χ4n) is 5.47. The molecule has 1 aromatic heterocycles. The van der Waals surface area contributed by atoms with Gasteiger partial charge in [-0.2, -0.15) is 5.10 Å². The first-order valence-corrected chi connectivity index (χ1v) is 11.6. The van der Waals surface area contributed by atoms with Crippen molar-refractivity contribution in [3.05, 3.63) is 63.6 Å². The first-order valence-electron chi connectivity index (χ1n) is 11.6. The lowest BCUT2D eigenvalue weighted by molar-refractivity contribution is -0.0678. The zero-order valence-electron chi connectivity index (χ0n) is 18.1. The van der Waals surface area contributed by atoms with Crippen molar-refractivity contribution < 1.29 is 5.11 Å². The second-order valence-electron chi connectivity index (χ2n) is 10.1. The summed E-state index contributed by atoms with van der Waals surface area (Å²) in [4.78, 5) is 14.9. The van der Waals surface area contributed by atoms with E-state index in [1.807, 2.05) is 6.07 Å². The molecule has 2 aliphatic heterocycles. The molecule has 0 unspecified atom stereocenters. The minimum Gasteiger partial charge on any atom is -0.388 e. The zero-order valence-corrected chi connectivity index (χ0v) is 18.1. The van der Waals surface area contributed by atoms with Gasteiger partial charge in [0.25, 0.3) is 5.56 Å². The fraction of sp³-hybridized carbons (Fsp3) is 0.600. The first kappa shape index (κ1) is 20.0. The number of piperidine rings is 1. The van der Waals surface area contributed by atoms with Crippen molar-refractivity contribution in [1.29, 1.82) is 0 Å². The fourth-order valence-corrected chi connectivity index (χ4v) is 5.47. The lowest BCUT2D eigenvalue weighted by Gasteiger charge is -2.43. The van der Waals surface area contributed by atoms with Crippen LogP contribution in [0.2, 0.25) is 0 Å². The molecule has 0 spiro atoms. The molecule has 1 aromatic carbocycles. The average molecular weight is 408 g/mol. The van der Waals surface area contributed by atoms with Crippen LogP contribution in [0.1, 0.15) is 81.0 Å². The summed E-state index contributed by atoms with van der Waals surface area (Å²) in [6, 6.07) is 13.2. The standard InChI is InChI=1S/C25H33N3O2/c1-17(2)19-5-3-18(4-6-19)15-27-21-9-10-22(27)14-25(30,13-21)16-28-24(29)12-11-23(26-28)20-7-8-20/h3-6,11-12,17,20-22,30H,7-10,13-16H2,1-2H3/t21-,22-/m1/s1. The van der Waals surface area contributed by atoms with E-state index in [0.29, 0.717) is 30.5 Å². The molecule has 2 saturated heterocycles. The summed E-state index contributed by atoms with van der Waals surface area (Å²) in [5.41, 5.74) is 2.78. The Balaban J connectivity index is 1.29. The molecular weight excluding hydrogens is 374 g/mol. The monoisotopic (exact) mass is 407 g/mol. The van der Waals surface area contributed by atoms with Crippen molar-refractivity contribution in [3.63, 3.8) is 0 Å². The van der Waals surface area contributed by atoms with Crippen LogP contribution in [-0.2, 0) is 13.1 Å². The summed E-state index contributed by atoms with van der Waals surface area (Å²) in [5.74, 6) is 1.06. The number of hydrogen-bond donors (Lipinski definition) is 1. The van der Waals surface area contributed by atoms with Gasteiger partial charge in [-0.1, -0.05) is 38.1 Å². The van der Waals surface area contributed by atoms with Gasteiger partial charge >= 0.3 is 0 Å². The van der Waals surface area contributed by atoms with Crippen LogP contribution >= 0.6 is 0 Å². The summed E-state index contributed by atoms with van der Waals surface area (Å²) in [7, 11) is 0. The molecule has 1 saturated carbocycles. The van der Waals surface area contributed by atoms with Crippen LogP contribution < -0.4 is 5.56 Å². The third-order valence-electron chi connectivity index (χ3n) is 7.34. The van der Waals surface area contributed by atoms with E-state index in [2.05, 4.69) is 48.1 Å². The van der Waals surface area contributed by atoms with Crippen LogP contribution in [0.4, 0.5) is 0 Å². The maximum atomic E-state index is 12.4. The highest BCUT2D eigenvalue weighted by Crippen LogP contribution is 2.42. The quantitative estimate of drug-likeness (QED) is 0.791. The maximum Gasteiger partial charge on any atom is 0.266 e. The van der Waals surface area contributed by atoms with Gasteiger partial charge < -0.3 is 5.11 Å². The van der Waals surface area contributed by atoms with E-state index in [9.17, 15) is 9.90 Å². The van der Waals surface area contributed by atoms with Gasteiger partial charge in [0.15, 0.2) is 0 Å². The van der Waals surface area contributed by atoms with Gasteiger partial charge in [0, 0.05) is 30.6 Å². The van der Waals surface area contributed by atoms with Crippen LogP contribution in [0.15, 0.2) is 41.2 Å². The third kappa shape index (κ3) is 3.97. The number of fused-ring (bicyclic) bond motifs is 2. The van der Waals surface area contributed by atoms with Gasteiger partial charge in [-0.15, -0.1) is 0 Å². The zero-order chi connectivity index (χ0) is 20.9. The van der Waals surface area contributed by atoms with Crippen LogP contribution in [0.5, 0.6) is 0 Å². The van der Waals surface area contributed by atoms with Gasteiger partial charge in [0.1, 0.15) is 0 Å². The second kappa shape index (κ2) is 7.61. The molecule has 1 N–H and O–H groups in total. The van der Waals surface area contributed by atoms with Crippen molar-refractivity contribution in [3.8, 4) is 0 Å². The molecule has 5 rings (SSSR count). The van der Waals surface area contributed by atoms with E-state index < -0.39 is 5.60 Å². The highest BCUT2D eigenvalue weighted by atomic mass is 16.3. The van der Waals surface area contributed by atoms with Crippen molar-refractivity contribution >= 4 is 0 Å². The minimum absolute atomic E-state index is 0.104. The van der Waals surface area contributed by atoms with E-state index in [1.54, 1.807) is 6.07 Å². The number of hydrogen-bond acceptors (Lipinski definition) is 4. The SMILES string of the molecule is CC(C)c1ccc(CN2[C@@H]3CC[C@@H]2CC(O)(Cn2nc(C4CC4)ccc2=O)C3)cc1. The highest BCUT2D eigenvalue weighted by Gasteiger charge is 2.47. The van der Waals surface area contributed by atoms with E-state index in [-0.39, 0.29) is 5.56 Å². The normalized spacial score (nSPS) is 28.9. The van der Waals surface area contributed by atoms with Gasteiger partial charge in [-0.3, -0.25) is 9.69 Å². The molecule has 0 amide bonds. The molecule has 3 aliphatic rings. The predicted octanol–water partition coefficient (Wildman–Crippen LogP) is 3.80. The van der Waals surface area contributed by atoms with Gasteiger partial charge in [0.2, 0.25) is 0 Å². The van der Waals surface area contributed by atoms with Gasteiger partial charge in [-0.25, -0.2) is 4.68 Å². The van der Waals surface area contributed by atoms with E-state index in [4.69, 9.17) is 0 Å². The molecule has 3 fully saturated rings. The van der Waals surface area contributed by atoms with Crippen LogP contribution in [0.3, 0.4) is 0 Å². The molecular formula is C25H33N3O2. The molecule has 3 heterocycles. The molecule has 30 heavy (non-hydrogen) atoms. The number of aliphatic hydroxyl groups is 1. The van der Waals surface area contributed by atoms with E-state index >= 15 is 0 Å². The highest BCUT2D eigenvalue weighted by molar-refractivity contribution is 5.25. The maximum absolute atomic E-state index is 12.4. The summed E-state index contributed by atoms with van der Waals surface area (Å²) >= 11 is 0. The van der Waals surface area contributed by atoms with E-state index in [1.165, 1.54) is 15.8 Å². The Morgan fingerprint density at radius 2 is 1.70 bits per heavy atom. The van der Waals surface area contributed by atoms with Gasteiger partial charge in [-0.05, 0) is 61.6 Å². The van der Waals surface area contributed by atoms with E-state index in [0.717, 1.165) is 50.8 Å². The molecule has 160 valence electrons. The van der Waals surface area contributed by atoms with Crippen LogP contribution in [0, 0.1) is 0 Å². The first-order chi connectivity index (χ1) is 14.4. The minimum atomic E-state index is -0.844. The molecule has 2 aromatic rings. The predicted molar refractivity (Wildman–Crippen MR) is 118 cm³/mol. The largest absolute Gasteiger partial charge is 0.388 e. The number of aromatic nitrogens is 2. The van der Waals surface area contributed by atoms with Gasteiger partial charge in [0.05, 0.1) is 17.8 Å². The lowest BCUT2D eigenvalue weighted by atomic mass is 9.85. The molecule has 2 bridgehead atoms. The Labute approximate surface area is 178 Å². The molecule has 0 radical (unpaired) electrons. The van der Waals surface area contributed by atoms with Crippen LogP contribution in [-0.4, -0.2) is 37.5 Å². The molecule has 2 atom stereocenters. The van der Waals surface area contributed by atoms with Crippen LogP contribution in [0.25, 0.3) is 0 Å². The van der Waals surface area contributed by atoms with Crippen molar-refractivity contribution in [2.24, 2.45) is 0 Å². The number of rotatable bonds is 6. The van der Waals surface area contributed by atoms with Crippen molar-refractivity contribution in [2.75, 3.05) is 0 Å². The number of benzene rings is 1. The Hall–Kier alpha value is -1.98. The average Bonchev–Trinajstić information content (AvgIpc) is 3.52. The lowest BCUT2D eigenvalue weighted by Crippen LogP contribution is -2.53.